The molecular weight excluding hydrogens is 202 g/mol. The van der Waals surface area contributed by atoms with Gasteiger partial charge in [0.05, 0.1) is 6.10 Å². The first-order valence-electron chi connectivity index (χ1n) is 4.79. The van der Waals surface area contributed by atoms with Gasteiger partial charge in [-0.05, 0) is 25.0 Å². The van der Waals surface area contributed by atoms with Gasteiger partial charge in [0, 0.05) is 13.0 Å². The molecule has 0 bridgehead atoms. The summed E-state index contributed by atoms with van der Waals surface area (Å²) in [6, 6.07) is -0.480. The quantitative estimate of drug-likeness (QED) is 0.649. The number of carboxylic acids is 1. The highest BCUT2D eigenvalue weighted by atomic mass is 32.2. The zero-order valence-electron chi connectivity index (χ0n) is 8.35. The molecule has 1 heterocycles. The maximum atomic E-state index is 10.8. The topological polar surface area (TPSA) is 60.8 Å². The summed E-state index contributed by atoms with van der Waals surface area (Å²) in [4.78, 5) is 12.7. The Morgan fingerprint density at radius 1 is 1.64 bits per heavy atom. The highest BCUT2D eigenvalue weighted by Gasteiger charge is 2.35. The van der Waals surface area contributed by atoms with Crippen molar-refractivity contribution in [3.05, 3.63) is 0 Å². The van der Waals surface area contributed by atoms with Crippen LogP contribution in [0.3, 0.4) is 0 Å². The highest BCUT2D eigenvalue weighted by Crippen LogP contribution is 2.18. The third-order valence-corrected chi connectivity index (χ3v) is 3.16. The third kappa shape index (κ3) is 3.15. The second-order valence-electron chi connectivity index (χ2n) is 3.58. The zero-order chi connectivity index (χ0) is 10.6. The number of hydrogen-bond donors (Lipinski definition) is 2. The molecule has 0 radical (unpaired) electrons. The minimum Gasteiger partial charge on any atom is -0.480 e. The molecule has 14 heavy (non-hydrogen) atoms. The van der Waals surface area contributed by atoms with Gasteiger partial charge in [0.25, 0.3) is 0 Å². The van der Waals surface area contributed by atoms with Gasteiger partial charge in [-0.15, -0.1) is 0 Å². The molecule has 2 unspecified atom stereocenters. The predicted octanol–water partition coefficient (Wildman–Crippen LogP) is 0.259. The van der Waals surface area contributed by atoms with Crippen molar-refractivity contribution in [2.45, 2.75) is 25.0 Å². The van der Waals surface area contributed by atoms with Crippen LogP contribution < -0.4 is 0 Å². The lowest BCUT2D eigenvalue weighted by Crippen LogP contribution is -2.36. The first kappa shape index (κ1) is 11.8. The summed E-state index contributed by atoms with van der Waals surface area (Å²) in [7, 11) is 0. The molecule has 0 aromatic carbocycles. The van der Waals surface area contributed by atoms with Crippen LogP contribution in [0.4, 0.5) is 0 Å². The van der Waals surface area contributed by atoms with Crippen molar-refractivity contribution in [2.24, 2.45) is 0 Å². The van der Waals surface area contributed by atoms with E-state index in [1.54, 1.807) is 11.8 Å². The number of nitrogens with zero attached hydrogens (tertiary/aromatic N) is 1. The number of thioether (sulfide) groups is 1. The van der Waals surface area contributed by atoms with Crippen LogP contribution in [0.25, 0.3) is 0 Å². The van der Waals surface area contributed by atoms with Gasteiger partial charge in [0.2, 0.25) is 0 Å². The minimum absolute atomic E-state index is 0.370. The standard InChI is InChI=1S/C9H17NO3S/c1-14-4-2-3-10-6-7(11)5-8(10)9(12)13/h7-8,11H,2-6H2,1H3,(H,12,13). The monoisotopic (exact) mass is 219 g/mol. The number of aliphatic hydroxyl groups is 1. The Kier molecular flexibility index (Phi) is 4.71. The van der Waals surface area contributed by atoms with Crippen LogP contribution in [0.15, 0.2) is 0 Å². The van der Waals surface area contributed by atoms with E-state index in [2.05, 4.69) is 0 Å². The summed E-state index contributed by atoms with van der Waals surface area (Å²) in [6.07, 6.45) is 2.92. The summed E-state index contributed by atoms with van der Waals surface area (Å²) >= 11 is 1.76. The van der Waals surface area contributed by atoms with Gasteiger partial charge < -0.3 is 10.2 Å². The molecular formula is C9H17NO3S. The second-order valence-corrected chi connectivity index (χ2v) is 4.57. The average molecular weight is 219 g/mol. The van der Waals surface area contributed by atoms with Crippen molar-refractivity contribution in [1.29, 1.82) is 0 Å². The molecule has 2 N–H and O–H groups in total. The van der Waals surface area contributed by atoms with E-state index >= 15 is 0 Å². The van der Waals surface area contributed by atoms with E-state index in [-0.39, 0.29) is 0 Å². The predicted molar refractivity (Wildman–Crippen MR) is 56.6 cm³/mol. The van der Waals surface area contributed by atoms with Gasteiger partial charge in [0.1, 0.15) is 6.04 Å². The molecule has 0 saturated carbocycles. The normalized spacial score (nSPS) is 28.1. The average Bonchev–Trinajstić information content (AvgIpc) is 2.47. The summed E-state index contributed by atoms with van der Waals surface area (Å²) < 4.78 is 0. The van der Waals surface area contributed by atoms with Gasteiger partial charge in [-0.2, -0.15) is 11.8 Å². The van der Waals surface area contributed by atoms with Gasteiger partial charge in [-0.3, -0.25) is 9.69 Å². The smallest absolute Gasteiger partial charge is 0.321 e. The Morgan fingerprint density at radius 3 is 2.93 bits per heavy atom. The fourth-order valence-corrected chi connectivity index (χ4v) is 2.21. The largest absolute Gasteiger partial charge is 0.480 e. The number of aliphatic carboxylic acids is 1. The van der Waals surface area contributed by atoms with Crippen LogP contribution in [0.2, 0.25) is 0 Å². The van der Waals surface area contributed by atoms with Crippen molar-refractivity contribution in [1.82, 2.24) is 4.90 Å². The van der Waals surface area contributed by atoms with Crippen molar-refractivity contribution in [2.75, 3.05) is 25.1 Å². The second kappa shape index (κ2) is 5.58. The number of aliphatic hydroxyl groups excluding tert-OH is 1. The summed E-state index contributed by atoms with van der Waals surface area (Å²) in [6.45, 7) is 1.28. The number of carbonyl (C=O) groups is 1. The number of likely N-dealkylation sites (tertiary alicyclic amines) is 1. The maximum absolute atomic E-state index is 10.8. The molecule has 5 heteroatoms. The summed E-state index contributed by atoms with van der Waals surface area (Å²) in [5.74, 6) is 0.226. The summed E-state index contributed by atoms with van der Waals surface area (Å²) in [5.41, 5.74) is 0. The molecule has 2 atom stereocenters. The van der Waals surface area contributed by atoms with E-state index in [4.69, 9.17) is 5.11 Å². The Bertz CT molecular complexity index is 200. The molecule has 1 aliphatic rings. The van der Waals surface area contributed by atoms with Crippen molar-refractivity contribution >= 4 is 17.7 Å². The molecule has 0 aromatic heterocycles. The molecule has 0 aromatic rings. The molecule has 1 fully saturated rings. The Hall–Kier alpha value is -0.260. The molecule has 0 spiro atoms. The Morgan fingerprint density at radius 2 is 2.36 bits per heavy atom. The lowest BCUT2D eigenvalue weighted by Gasteiger charge is -2.20. The number of hydrogen-bond acceptors (Lipinski definition) is 4. The van der Waals surface area contributed by atoms with Gasteiger partial charge in [-0.25, -0.2) is 0 Å². The van der Waals surface area contributed by atoms with Gasteiger partial charge >= 0.3 is 5.97 Å². The highest BCUT2D eigenvalue weighted by molar-refractivity contribution is 7.98. The lowest BCUT2D eigenvalue weighted by atomic mass is 10.2. The molecule has 0 aliphatic carbocycles. The fourth-order valence-electron chi connectivity index (χ4n) is 1.80. The van der Waals surface area contributed by atoms with Crippen molar-refractivity contribution in [3.63, 3.8) is 0 Å². The first-order chi connectivity index (χ1) is 6.65. The van der Waals surface area contributed by atoms with Gasteiger partial charge in [-0.1, -0.05) is 0 Å². The van der Waals surface area contributed by atoms with E-state index < -0.39 is 18.1 Å². The van der Waals surface area contributed by atoms with E-state index in [0.29, 0.717) is 13.0 Å². The van der Waals surface area contributed by atoms with E-state index in [0.717, 1.165) is 18.7 Å². The van der Waals surface area contributed by atoms with Crippen LogP contribution in [0.5, 0.6) is 0 Å². The SMILES string of the molecule is CSCCCN1CC(O)CC1C(=O)O. The number of β-amino-alcohol motifs (C(OH)–C–C–N with tert-alkyl or cyclic N) is 1. The van der Waals surface area contributed by atoms with Crippen LogP contribution >= 0.6 is 11.8 Å². The zero-order valence-corrected chi connectivity index (χ0v) is 9.16. The van der Waals surface area contributed by atoms with Crippen molar-refractivity contribution in [3.8, 4) is 0 Å². The van der Waals surface area contributed by atoms with E-state index in [1.807, 2.05) is 11.2 Å². The Balaban J connectivity index is 2.37. The molecule has 1 aliphatic heterocycles. The third-order valence-electron chi connectivity index (χ3n) is 2.46. The van der Waals surface area contributed by atoms with E-state index in [9.17, 15) is 9.90 Å². The molecule has 82 valence electrons. The van der Waals surface area contributed by atoms with Crippen LogP contribution in [-0.4, -0.2) is 58.3 Å². The number of rotatable bonds is 5. The van der Waals surface area contributed by atoms with Crippen LogP contribution in [0, 0.1) is 0 Å². The minimum atomic E-state index is -0.814. The fraction of sp³-hybridized carbons (Fsp3) is 0.889. The van der Waals surface area contributed by atoms with Crippen molar-refractivity contribution < 1.29 is 15.0 Å². The van der Waals surface area contributed by atoms with Gasteiger partial charge in [0.15, 0.2) is 0 Å². The maximum Gasteiger partial charge on any atom is 0.321 e. The molecule has 4 nitrogen and oxygen atoms in total. The Labute approximate surface area is 88.3 Å². The lowest BCUT2D eigenvalue weighted by molar-refractivity contribution is -0.142. The first-order valence-corrected chi connectivity index (χ1v) is 6.18. The number of carboxylic acid groups (broad SMARTS) is 1. The summed E-state index contributed by atoms with van der Waals surface area (Å²) in [5, 5.41) is 18.3. The van der Waals surface area contributed by atoms with E-state index in [1.165, 1.54) is 0 Å². The molecule has 1 saturated heterocycles. The van der Waals surface area contributed by atoms with Crippen LogP contribution in [-0.2, 0) is 4.79 Å². The van der Waals surface area contributed by atoms with Crippen LogP contribution in [0.1, 0.15) is 12.8 Å². The molecule has 1 rings (SSSR count). The molecule has 0 amide bonds.